The van der Waals surface area contributed by atoms with Gasteiger partial charge in [0, 0.05) is 22.9 Å². The maximum Gasteiger partial charge on any atom is 0.336 e. The first-order valence-electron chi connectivity index (χ1n) is 10.7. The fraction of sp³-hybridized carbons (Fsp3) is 0.458. The molecule has 0 amide bonds. The van der Waals surface area contributed by atoms with Gasteiger partial charge in [0.1, 0.15) is 5.92 Å². The van der Waals surface area contributed by atoms with Crippen molar-refractivity contribution in [3.05, 3.63) is 46.3 Å². The number of methoxy groups -OCH3 is 1. The Kier molecular flexibility index (Phi) is 6.91. The van der Waals surface area contributed by atoms with Crippen LogP contribution in [0.15, 0.2) is 40.7 Å². The molecule has 0 radical (unpaired) electrons. The number of carbonyl (C=O) groups is 3. The minimum Gasteiger partial charge on any atom is -0.504 e. The standard InChI is InChI=1S/C24H29NO7/c1-6-31-17-11-14(8-9-16(17)26)20-19(24(29)32-7-2)13(4)25-15-10-12(3)18(23(28)30-5)22(27)21(15)20/h8-9,11-12,18,20,25-26H,6-7,10H2,1-5H3/t12-,18+,20-/m0/s1. The van der Waals surface area contributed by atoms with Crippen LogP contribution >= 0.6 is 0 Å². The van der Waals surface area contributed by atoms with E-state index in [0.29, 0.717) is 35.6 Å². The number of phenols is 1. The Balaban J connectivity index is 2.22. The summed E-state index contributed by atoms with van der Waals surface area (Å²) in [5.41, 5.74) is 2.44. The van der Waals surface area contributed by atoms with Gasteiger partial charge < -0.3 is 24.6 Å². The predicted octanol–water partition coefficient (Wildman–Crippen LogP) is 2.97. The van der Waals surface area contributed by atoms with Crippen LogP contribution in [0, 0.1) is 11.8 Å². The van der Waals surface area contributed by atoms with E-state index in [9.17, 15) is 19.5 Å². The Labute approximate surface area is 187 Å². The summed E-state index contributed by atoms with van der Waals surface area (Å²) in [6.45, 7) is 7.58. The summed E-state index contributed by atoms with van der Waals surface area (Å²) in [4.78, 5) is 39.0. The van der Waals surface area contributed by atoms with Crippen LogP contribution in [0.5, 0.6) is 11.5 Å². The molecule has 1 aromatic rings. The van der Waals surface area contributed by atoms with Gasteiger partial charge >= 0.3 is 11.9 Å². The SMILES string of the molecule is CCOC(=O)C1=C(C)NC2=C(C(=O)[C@H](C(=O)OC)[C@@H](C)C2)[C@H]1c1ccc(O)c(OCC)c1. The van der Waals surface area contributed by atoms with Crippen molar-refractivity contribution < 1.29 is 33.7 Å². The minimum atomic E-state index is -0.964. The number of Topliss-reactive ketones (excluding diaryl/α,β-unsaturated/α-hetero) is 1. The van der Waals surface area contributed by atoms with E-state index in [1.54, 1.807) is 32.9 Å². The van der Waals surface area contributed by atoms with Crippen LogP contribution in [0.1, 0.15) is 45.6 Å². The van der Waals surface area contributed by atoms with E-state index in [1.165, 1.54) is 13.2 Å². The van der Waals surface area contributed by atoms with E-state index in [2.05, 4.69) is 5.32 Å². The molecule has 1 aromatic carbocycles. The van der Waals surface area contributed by atoms with Crippen molar-refractivity contribution in [1.82, 2.24) is 5.32 Å². The first kappa shape index (κ1) is 23.4. The Bertz CT molecular complexity index is 1010. The van der Waals surface area contributed by atoms with Crippen molar-refractivity contribution in [3.63, 3.8) is 0 Å². The highest BCUT2D eigenvalue weighted by atomic mass is 16.5. The molecule has 8 heteroatoms. The second-order valence-electron chi connectivity index (χ2n) is 7.92. The van der Waals surface area contributed by atoms with Gasteiger partial charge in [-0.05, 0) is 50.8 Å². The quantitative estimate of drug-likeness (QED) is 0.510. The summed E-state index contributed by atoms with van der Waals surface area (Å²) in [5.74, 6) is -3.36. The highest BCUT2D eigenvalue weighted by Gasteiger charge is 2.47. The van der Waals surface area contributed by atoms with Gasteiger partial charge in [-0.15, -0.1) is 0 Å². The summed E-state index contributed by atoms with van der Waals surface area (Å²) in [6.07, 6.45) is 0.446. The summed E-state index contributed by atoms with van der Waals surface area (Å²) in [5, 5.41) is 13.4. The van der Waals surface area contributed by atoms with Gasteiger partial charge in [-0.2, -0.15) is 0 Å². The first-order valence-corrected chi connectivity index (χ1v) is 10.7. The fourth-order valence-corrected chi connectivity index (χ4v) is 4.47. The number of aromatic hydroxyl groups is 1. The zero-order valence-electron chi connectivity index (χ0n) is 19.0. The molecule has 2 aliphatic rings. The van der Waals surface area contributed by atoms with Gasteiger partial charge in [-0.3, -0.25) is 9.59 Å². The lowest BCUT2D eigenvalue weighted by molar-refractivity contribution is -0.151. The van der Waals surface area contributed by atoms with E-state index < -0.39 is 23.8 Å². The van der Waals surface area contributed by atoms with Gasteiger partial charge in [0.25, 0.3) is 0 Å². The molecule has 32 heavy (non-hydrogen) atoms. The zero-order valence-corrected chi connectivity index (χ0v) is 19.0. The van der Waals surface area contributed by atoms with Crippen LogP contribution < -0.4 is 10.1 Å². The average molecular weight is 443 g/mol. The molecule has 8 nitrogen and oxygen atoms in total. The lowest BCUT2D eigenvalue weighted by Crippen LogP contribution is -2.43. The summed E-state index contributed by atoms with van der Waals surface area (Å²) in [7, 11) is 1.26. The van der Waals surface area contributed by atoms with Gasteiger partial charge in [0.15, 0.2) is 17.3 Å². The molecule has 0 spiro atoms. The molecule has 172 valence electrons. The number of hydrogen-bond donors (Lipinski definition) is 2. The molecule has 3 atom stereocenters. The normalized spacial score (nSPS) is 22.8. The summed E-state index contributed by atoms with van der Waals surface area (Å²) in [6, 6.07) is 4.72. The van der Waals surface area contributed by atoms with Crippen molar-refractivity contribution >= 4 is 17.7 Å². The first-order chi connectivity index (χ1) is 15.2. The number of ketones is 1. The predicted molar refractivity (Wildman–Crippen MR) is 116 cm³/mol. The third kappa shape index (κ3) is 4.09. The largest absolute Gasteiger partial charge is 0.504 e. The number of carbonyl (C=O) groups excluding carboxylic acids is 3. The molecule has 1 aliphatic carbocycles. The Morgan fingerprint density at radius 3 is 2.56 bits per heavy atom. The Morgan fingerprint density at radius 2 is 1.94 bits per heavy atom. The Hall–Kier alpha value is -3.29. The second kappa shape index (κ2) is 9.46. The number of benzene rings is 1. The summed E-state index contributed by atoms with van der Waals surface area (Å²) < 4.78 is 15.7. The van der Waals surface area contributed by atoms with E-state index in [0.717, 1.165) is 0 Å². The van der Waals surface area contributed by atoms with Gasteiger partial charge in [0.05, 0.1) is 25.9 Å². The molecule has 1 heterocycles. The van der Waals surface area contributed by atoms with Gasteiger partial charge in [0.2, 0.25) is 0 Å². The van der Waals surface area contributed by atoms with Crippen molar-refractivity contribution in [3.8, 4) is 11.5 Å². The molecule has 0 fully saturated rings. The van der Waals surface area contributed by atoms with Crippen LogP contribution in [-0.2, 0) is 23.9 Å². The number of esters is 2. The second-order valence-corrected chi connectivity index (χ2v) is 7.92. The van der Waals surface area contributed by atoms with Crippen LogP contribution in [0.3, 0.4) is 0 Å². The summed E-state index contributed by atoms with van der Waals surface area (Å²) >= 11 is 0. The Morgan fingerprint density at radius 1 is 1.22 bits per heavy atom. The van der Waals surface area contributed by atoms with Crippen molar-refractivity contribution in [2.75, 3.05) is 20.3 Å². The molecule has 0 saturated heterocycles. The van der Waals surface area contributed by atoms with E-state index in [-0.39, 0.29) is 35.4 Å². The van der Waals surface area contributed by atoms with E-state index in [1.807, 2.05) is 6.92 Å². The molecular formula is C24H29NO7. The minimum absolute atomic E-state index is 0.0480. The van der Waals surface area contributed by atoms with Crippen LogP contribution in [0.25, 0.3) is 0 Å². The highest BCUT2D eigenvalue weighted by molar-refractivity contribution is 6.12. The topological polar surface area (TPSA) is 111 Å². The molecular weight excluding hydrogens is 414 g/mol. The van der Waals surface area contributed by atoms with Crippen LogP contribution in [0.4, 0.5) is 0 Å². The smallest absolute Gasteiger partial charge is 0.336 e. The number of rotatable bonds is 6. The number of phenolic OH excluding ortho intramolecular Hbond substituents is 1. The number of nitrogens with one attached hydrogen (secondary N) is 1. The molecule has 0 aromatic heterocycles. The molecule has 0 bridgehead atoms. The highest BCUT2D eigenvalue weighted by Crippen LogP contribution is 2.46. The van der Waals surface area contributed by atoms with Crippen molar-refractivity contribution in [2.45, 2.75) is 40.0 Å². The third-order valence-corrected chi connectivity index (χ3v) is 5.86. The average Bonchev–Trinajstić information content (AvgIpc) is 2.74. The lowest BCUT2D eigenvalue weighted by atomic mass is 9.69. The van der Waals surface area contributed by atoms with Crippen molar-refractivity contribution in [1.29, 1.82) is 0 Å². The fourth-order valence-electron chi connectivity index (χ4n) is 4.47. The third-order valence-electron chi connectivity index (χ3n) is 5.86. The maximum atomic E-state index is 13.6. The van der Waals surface area contributed by atoms with Crippen LogP contribution in [0.2, 0.25) is 0 Å². The van der Waals surface area contributed by atoms with Gasteiger partial charge in [-0.25, -0.2) is 4.79 Å². The monoisotopic (exact) mass is 443 g/mol. The molecule has 0 unspecified atom stereocenters. The lowest BCUT2D eigenvalue weighted by Gasteiger charge is -2.38. The number of ether oxygens (including phenoxy) is 3. The maximum absolute atomic E-state index is 13.6. The molecule has 3 rings (SSSR count). The van der Waals surface area contributed by atoms with Crippen molar-refractivity contribution in [2.24, 2.45) is 11.8 Å². The van der Waals surface area contributed by atoms with E-state index in [4.69, 9.17) is 14.2 Å². The zero-order chi connectivity index (χ0) is 23.6. The number of allylic oxidation sites excluding steroid dienone is 3. The molecule has 0 saturated carbocycles. The van der Waals surface area contributed by atoms with Gasteiger partial charge in [-0.1, -0.05) is 13.0 Å². The van der Waals surface area contributed by atoms with E-state index >= 15 is 0 Å². The molecule has 2 N–H and O–H groups in total. The number of dihydropyridines is 1. The molecule has 1 aliphatic heterocycles. The number of hydrogen-bond acceptors (Lipinski definition) is 8. The van der Waals surface area contributed by atoms with Crippen LogP contribution in [-0.4, -0.2) is 43.2 Å².